The monoisotopic (exact) mass is 422 g/mol. The van der Waals surface area contributed by atoms with Gasteiger partial charge in [0.05, 0.1) is 1.37 Å². The molecule has 0 spiro atoms. The van der Waals surface area contributed by atoms with Crippen molar-refractivity contribution in [2.75, 3.05) is 0 Å². The van der Waals surface area contributed by atoms with E-state index in [1.807, 2.05) is 65.8 Å². The number of carbonyl (C=O) groups is 1. The van der Waals surface area contributed by atoms with Crippen molar-refractivity contribution in [3.8, 4) is 5.75 Å². The number of rotatable bonds is 1. The number of carbonyl (C=O) groups excluding carboxylic acids is 1. The standard InChI is InChI=1S/C29H41O2/c1-26(2,3)20-14-18(15-21(24(20)30)27(4,5)6)13-19-16-22(28(7,8)9)25(31)23(17-19)29(10,11)12/h13-17H,1-12H3/i14D/b18-13+. The molecule has 2 nitrogen and oxygen atoms in total. The first kappa shape index (κ1) is 23.6. The van der Waals surface area contributed by atoms with Crippen LogP contribution in [0, 0.1) is 10.8 Å². The summed E-state index contributed by atoms with van der Waals surface area (Å²) in [5.74, 6) is 0.0572. The summed E-state index contributed by atoms with van der Waals surface area (Å²) in [6.07, 6.45) is 3.84. The van der Waals surface area contributed by atoms with Gasteiger partial charge in [-0.2, -0.15) is 0 Å². The number of allylic oxidation sites excluding steroid dienone is 5. The van der Waals surface area contributed by atoms with Gasteiger partial charge >= 0.3 is 0 Å². The fraction of sp³-hybridized carbons (Fsp3) is 0.552. The van der Waals surface area contributed by atoms with E-state index in [4.69, 9.17) is 1.37 Å². The van der Waals surface area contributed by atoms with E-state index in [0.29, 0.717) is 5.57 Å². The van der Waals surface area contributed by atoms with Crippen molar-refractivity contribution in [3.05, 3.63) is 57.7 Å². The van der Waals surface area contributed by atoms with Gasteiger partial charge in [-0.3, -0.25) is 9.90 Å². The fourth-order valence-corrected chi connectivity index (χ4v) is 3.78. The van der Waals surface area contributed by atoms with Gasteiger partial charge in [0.15, 0.2) is 11.5 Å². The molecule has 0 saturated heterocycles. The highest BCUT2D eigenvalue weighted by atomic mass is 16.3. The highest BCUT2D eigenvalue weighted by Gasteiger charge is 2.34. The minimum Gasteiger partial charge on any atom is -0.289 e. The van der Waals surface area contributed by atoms with Gasteiger partial charge in [0.25, 0.3) is 0 Å². The minimum absolute atomic E-state index is 0.0344. The van der Waals surface area contributed by atoms with Gasteiger partial charge in [-0.15, -0.1) is 0 Å². The molecule has 1 aliphatic rings. The van der Waals surface area contributed by atoms with Crippen molar-refractivity contribution in [2.24, 2.45) is 10.8 Å². The molecule has 1 aromatic rings. The van der Waals surface area contributed by atoms with Gasteiger partial charge in [0.2, 0.25) is 0 Å². The third kappa shape index (κ3) is 5.59. The lowest BCUT2D eigenvalue weighted by atomic mass is 9.71. The van der Waals surface area contributed by atoms with Crippen LogP contribution < -0.4 is 0 Å². The zero-order valence-electron chi connectivity index (χ0n) is 22.6. The Bertz CT molecular complexity index is 986. The zero-order chi connectivity index (χ0) is 25.0. The first-order valence-electron chi connectivity index (χ1n) is 11.7. The van der Waals surface area contributed by atoms with Crippen LogP contribution in [0.4, 0.5) is 0 Å². The first-order chi connectivity index (χ1) is 14.2. The van der Waals surface area contributed by atoms with E-state index >= 15 is 0 Å². The molecule has 31 heavy (non-hydrogen) atoms. The molecule has 0 amide bonds. The zero-order valence-corrected chi connectivity index (χ0v) is 21.6. The van der Waals surface area contributed by atoms with Crippen molar-refractivity contribution in [3.63, 3.8) is 0 Å². The molecule has 1 radical (unpaired) electrons. The van der Waals surface area contributed by atoms with Crippen molar-refractivity contribution in [1.29, 1.82) is 0 Å². The predicted octanol–water partition coefficient (Wildman–Crippen LogP) is 8.34. The maximum Gasteiger partial charge on any atom is 0.186 e. The average Bonchev–Trinajstić information content (AvgIpc) is 2.54. The summed E-state index contributed by atoms with van der Waals surface area (Å²) in [6.45, 7) is 24.4. The summed E-state index contributed by atoms with van der Waals surface area (Å²) in [6, 6.07) is 4.18. The van der Waals surface area contributed by atoms with Crippen LogP contribution in [-0.2, 0) is 20.7 Å². The Morgan fingerprint density at radius 2 is 1.13 bits per heavy atom. The normalized spacial score (nSPS) is 18.5. The number of hydrogen-bond acceptors (Lipinski definition) is 1. The van der Waals surface area contributed by atoms with Gasteiger partial charge in [-0.05, 0) is 63.1 Å². The van der Waals surface area contributed by atoms with Crippen LogP contribution in [0.15, 0.2) is 41.0 Å². The number of Topliss-reactive ketones (excluding diaryl/α,β-unsaturated/α-hetero) is 1. The summed E-state index contributed by atoms with van der Waals surface area (Å²) >= 11 is 0. The van der Waals surface area contributed by atoms with E-state index in [-0.39, 0.29) is 33.8 Å². The molecule has 169 valence electrons. The van der Waals surface area contributed by atoms with Crippen molar-refractivity contribution >= 4 is 11.9 Å². The van der Waals surface area contributed by atoms with Crippen LogP contribution in [0.1, 0.15) is 101 Å². The molecule has 1 aliphatic carbocycles. The number of benzene rings is 1. The van der Waals surface area contributed by atoms with Gasteiger partial charge in [0, 0.05) is 22.3 Å². The topological polar surface area (TPSA) is 37.0 Å². The van der Waals surface area contributed by atoms with Crippen molar-refractivity contribution in [2.45, 2.75) is 93.9 Å². The van der Waals surface area contributed by atoms with Crippen LogP contribution >= 0.6 is 0 Å². The van der Waals surface area contributed by atoms with Crippen molar-refractivity contribution in [1.82, 2.24) is 0 Å². The lowest BCUT2D eigenvalue weighted by molar-refractivity contribution is -0.114. The summed E-state index contributed by atoms with van der Waals surface area (Å²) in [7, 11) is 0. The van der Waals surface area contributed by atoms with Gasteiger partial charge in [-0.25, -0.2) is 0 Å². The minimum atomic E-state index is -0.440. The molecular weight excluding hydrogens is 380 g/mol. The van der Waals surface area contributed by atoms with E-state index in [9.17, 15) is 9.90 Å². The second-order valence-electron chi connectivity index (χ2n) is 12.9. The Labute approximate surface area is 191 Å². The van der Waals surface area contributed by atoms with Crippen LogP contribution in [0.5, 0.6) is 5.75 Å². The Kier molecular flexibility index (Phi) is 5.93. The van der Waals surface area contributed by atoms with Crippen LogP contribution in [0.3, 0.4) is 0 Å². The van der Waals surface area contributed by atoms with E-state index in [1.54, 1.807) is 0 Å². The maximum absolute atomic E-state index is 13.3. The number of hydrogen-bond donors (Lipinski definition) is 0. The van der Waals surface area contributed by atoms with Gasteiger partial charge in [0.1, 0.15) is 0 Å². The lowest BCUT2D eigenvalue weighted by Gasteiger charge is -2.31. The molecule has 2 heteroatoms. The molecule has 0 N–H and O–H groups in total. The molecule has 1 aromatic carbocycles. The van der Waals surface area contributed by atoms with Crippen LogP contribution in [-0.4, -0.2) is 5.78 Å². The third-order valence-corrected chi connectivity index (χ3v) is 5.65. The molecule has 0 unspecified atom stereocenters. The Morgan fingerprint density at radius 3 is 1.48 bits per heavy atom. The average molecular weight is 423 g/mol. The van der Waals surface area contributed by atoms with E-state index in [1.165, 1.54) is 0 Å². The largest absolute Gasteiger partial charge is 0.289 e. The van der Waals surface area contributed by atoms with Gasteiger partial charge < -0.3 is 0 Å². The lowest BCUT2D eigenvalue weighted by Crippen LogP contribution is -2.27. The summed E-state index contributed by atoms with van der Waals surface area (Å²) in [5, 5.41) is 13.3. The third-order valence-electron chi connectivity index (χ3n) is 5.65. The van der Waals surface area contributed by atoms with Crippen LogP contribution in [0.2, 0.25) is 0 Å². The molecule has 2 rings (SSSR count). The fourth-order valence-electron chi connectivity index (χ4n) is 3.78. The molecule has 0 heterocycles. The van der Waals surface area contributed by atoms with E-state index < -0.39 is 5.41 Å². The molecule has 0 bridgehead atoms. The van der Waals surface area contributed by atoms with Gasteiger partial charge in [-0.1, -0.05) is 83.1 Å². The highest BCUT2D eigenvalue weighted by Crippen LogP contribution is 2.42. The molecule has 0 aromatic heterocycles. The second-order valence-corrected chi connectivity index (χ2v) is 12.9. The molecule has 0 fully saturated rings. The number of ketones is 1. The Balaban J connectivity index is 2.89. The summed E-state index contributed by atoms with van der Waals surface area (Å²) < 4.78 is 8.90. The first-order valence-corrected chi connectivity index (χ1v) is 11.2. The summed E-state index contributed by atoms with van der Waals surface area (Å²) in [4.78, 5) is 13.3. The molecule has 0 aliphatic heterocycles. The maximum atomic E-state index is 13.3. The Hall–Kier alpha value is -2.09. The molecular formula is C29H41O2. The smallest absolute Gasteiger partial charge is 0.186 e. The molecule has 0 saturated carbocycles. The Morgan fingerprint density at radius 1 is 0.710 bits per heavy atom. The van der Waals surface area contributed by atoms with E-state index in [2.05, 4.69) is 41.5 Å². The van der Waals surface area contributed by atoms with Crippen LogP contribution in [0.25, 0.3) is 6.08 Å². The highest BCUT2D eigenvalue weighted by molar-refractivity contribution is 6.12. The van der Waals surface area contributed by atoms with E-state index in [0.717, 1.165) is 27.8 Å². The predicted molar refractivity (Wildman–Crippen MR) is 132 cm³/mol. The SMILES string of the molecule is [2H]C1=C(C(C)(C)C)C(=O)C(C(C)(C)C)=C/C1=C/c1cc(C(C)(C)C)c([O])c(C(C)(C)C)c1. The summed E-state index contributed by atoms with van der Waals surface area (Å²) in [5.41, 5.74) is 3.06. The van der Waals surface area contributed by atoms with Crippen molar-refractivity contribution < 1.29 is 11.3 Å². The molecule has 0 atom stereocenters. The second kappa shape index (κ2) is 7.80. The quantitative estimate of drug-likeness (QED) is 0.448.